The minimum Gasteiger partial charge on any atom is -0.369 e. The number of alkyl halides is 3. The monoisotopic (exact) mass is 396 g/mol. The summed E-state index contributed by atoms with van der Waals surface area (Å²) in [5.41, 5.74) is -0.0703. The molecule has 9 heteroatoms. The number of piperazine rings is 1. The molecule has 0 radical (unpaired) electrons. The van der Waals surface area contributed by atoms with Crippen LogP contribution in [0.1, 0.15) is 18.4 Å². The van der Waals surface area contributed by atoms with Gasteiger partial charge in [0.05, 0.1) is 5.56 Å². The first-order valence-corrected chi connectivity index (χ1v) is 9.61. The molecule has 4 rings (SSSR count). The van der Waals surface area contributed by atoms with Gasteiger partial charge in [0.2, 0.25) is 0 Å². The molecule has 0 bridgehead atoms. The Morgan fingerprint density at radius 1 is 1.00 bits per heavy atom. The third-order valence-corrected chi connectivity index (χ3v) is 5.83. The molecular formula is C19H23F3N4O2. The molecule has 0 saturated carbocycles. The fourth-order valence-electron chi connectivity index (χ4n) is 4.24. The Morgan fingerprint density at radius 2 is 1.75 bits per heavy atom. The van der Waals surface area contributed by atoms with Crippen molar-refractivity contribution in [1.82, 2.24) is 14.7 Å². The smallest absolute Gasteiger partial charge is 0.369 e. The summed E-state index contributed by atoms with van der Waals surface area (Å²) in [4.78, 5) is 31.8. The van der Waals surface area contributed by atoms with Crippen LogP contribution in [0.15, 0.2) is 24.3 Å². The van der Waals surface area contributed by atoms with Crippen molar-refractivity contribution in [3.05, 3.63) is 29.8 Å². The topological polar surface area (TPSA) is 47.1 Å². The van der Waals surface area contributed by atoms with Gasteiger partial charge < -0.3 is 9.80 Å². The Balaban J connectivity index is 1.29. The highest BCUT2D eigenvalue weighted by Crippen LogP contribution is 2.32. The van der Waals surface area contributed by atoms with E-state index in [9.17, 15) is 22.8 Å². The van der Waals surface area contributed by atoms with Gasteiger partial charge in [-0.25, -0.2) is 4.79 Å². The molecule has 6 nitrogen and oxygen atoms in total. The van der Waals surface area contributed by atoms with E-state index in [-0.39, 0.29) is 18.0 Å². The lowest BCUT2D eigenvalue weighted by Gasteiger charge is -2.36. The maximum Gasteiger partial charge on any atom is 0.416 e. The van der Waals surface area contributed by atoms with Gasteiger partial charge in [-0.15, -0.1) is 0 Å². The molecule has 152 valence electrons. The third-order valence-electron chi connectivity index (χ3n) is 5.83. The fourth-order valence-corrected chi connectivity index (χ4v) is 4.24. The van der Waals surface area contributed by atoms with Crippen molar-refractivity contribution >= 4 is 17.6 Å². The highest BCUT2D eigenvalue weighted by Gasteiger charge is 2.47. The Bertz CT molecular complexity index is 740. The maximum atomic E-state index is 12.9. The molecule has 3 aliphatic heterocycles. The first-order valence-electron chi connectivity index (χ1n) is 9.61. The summed E-state index contributed by atoms with van der Waals surface area (Å²) >= 11 is 0. The lowest BCUT2D eigenvalue weighted by atomic mass is 10.1. The molecule has 0 aliphatic carbocycles. The van der Waals surface area contributed by atoms with Gasteiger partial charge in [-0.2, -0.15) is 13.2 Å². The molecular weight excluding hydrogens is 373 g/mol. The van der Waals surface area contributed by atoms with E-state index in [1.54, 1.807) is 11.0 Å². The second kappa shape index (κ2) is 7.27. The van der Waals surface area contributed by atoms with Gasteiger partial charge >= 0.3 is 12.2 Å². The number of benzene rings is 1. The molecule has 3 amide bonds. The molecule has 1 unspecified atom stereocenters. The van der Waals surface area contributed by atoms with Crippen LogP contribution < -0.4 is 4.90 Å². The second-order valence-corrected chi connectivity index (χ2v) is 7.50. The quantitative estimate of drug-likeness (QED) is 0.733. The predicted molar refractivity (Wildman–Crippen MR) is 96.9 cm³/mol. The molecule has 3 heterocycles. The number of anilines is 1. The first-order chi connectivity index (χ1) is 13.3. The number of carbonyl (C=O) groups excluding carboxylic acids is 2. The lowest BCUT2D eigenvalue weighted by molar-refractivity contribution is -0.137. The van der Waals surface area contributed by atoms with Crippen molar-refractivity contribution in [2.24, 2.45) is 0 Å². The van der Waals surface area contributed by atoms with Crippen LogP contribution in [0.25, 0.3) is 0 Å². The average Bonchev–Trinajstić information content (AvgIpc) is 3.25. The van der Waals surface area contributed by atoms with Gasteiger partial charge in [0.1, 0.15) is 6.04 Å². The molecule has 28 heavy (non-hydrogen) atoms. The highest BCUT2D eigenvalue weighted by atomic mass is 19.4. The number of hydrogen-bond donors (Lipinski definition) is 0. The fraction of sp³-hybridized carbons (Fsp3) is 0.579. The van der Waals surface area contributed by atoms with Crippen molar-refractivity contribution in [1.29, 1.82) is 0 Å². The molecule has 0 N–H and O–H groups in total. The van der Waals surface area contributed by atoms with Crippen molar-refractivity contribution in [2.75, 3.05) is 50.7 Å². The van der Waals surface area contributed by atoms with E-state index >= 15 is 0 Å². The summed E-state index contributed by atoms with van der Waals surface area (Å²) in [5.74, 6) is -0.0925. The number of urea groups is 1. The normalized spacial score (nSPS) is 23.7. The number of halogens is 3. The Labute approximate surface area is 161 Å². The van der Waals surface area contributed by atoms with Crippen LogP contribution in [0, 0.1) is 0 Å². The Morgan fingerprint density at radius 3 is 2.43 bits per heavy atom. The largest absolute Gasteiger partial charge is 0.416 e. The van der Waals surface area contributed by atoms with Crippen LogP contribution in [-0.2, 0) is 11.0 Å². The number of nitrogens with zero attached hydrogens (tertiary/aromatic N) is 4. The van der Waals surface area contributed by atoms with Crippen LogP contribution in [0.2, 0.25) is 0 Å². The third kappa shape index (κ3) is 3.55. The van der Waals surface area contributed by atoms with Crippen molar-refractivity contribution in [3.63, 3.8) is 0 Å². The van der Waals surface area contributed by atoms with Gasteiger partial charge in [-0.05, 0) is 31.0 Å². The molecule has 0 aromatic heterocycles. The zero-order valence-electron chi connectivity index (χ0n) is 15.5. The molecule has 3 saturated heterocycles. The summed E-state index contributed by atoms with van der Waals surface area (Å²) in [6, 6.07) is 4.93. The summed E-state index contributed by atoms with van der Waals surface area (Å²) in [7, 11) is 0. The number of amides is 3. The first kappa shape index (κ1) is 19.0. The highest BCUT2D eigenvalue weighted by molar-refractivity contribution is 6.04. The average molecular weight is 396 g/mol. The standard InChI is InChI=1S/C19H23F3N4O2/c20-19(21,22)14-3-1-4-15(13-14)24-10-7-23(8-11-24)9-12-26-17(27)16-5-2-6-25(16)18(26)28/h1,3-4,13,16H,2,5-12H2. The molecule has 1 aromatic rings. The molecule has 1 aromatic carbocycles. The van der Waals surface area contributed by atoms with E-state index in [1.165, 1.54) is 17.0 Å². The minimum absolute atomic E-state index is 0.0925. The zero-order chi connectivity index (χ0) is 19.9. The Kier molecular flexibility index (Phi) is 4.95. The van der Waals surface area contributed by atoms with Crippen LogP contribution in [0.4, 0.5) is 23.7 Å². The number of hydrogen-bond acceptors (Lipinski definition) is 4. The van der Waals surface area contributed by atoms with Crippen molar-refractivity contribution in [2.45, 2.75) is 25.1 Å². The van der Waals surface area contributed by atoms with Crippen molar-refractivity contribution in [3.8, 4) is 0 Å². The number of imide groups is 1. The minimum atomic E-state index is -4.35. The van der Waals surface area contributed by atoms with E-state index in [1.807, 2.05) is 4.90 Å². The van der Waals surface area contributed by atoms with E-state index < -0.39 is 11.7 Å². The summed E-state index contributed by atoms with van der Waals surface area (Å²) < 4.78 is 38.7. The summed E-state index contributed by atoms with van der Waals surface area (Å²) in [6.45, 7) is 4.19. The van der Waals surface area contributed by atoms with Crippen molar-refractivity contribution < 1.29 is 22.8 Å². The van der Waals surface area contributed by atoms with Gasteiger partial charge in [0, 0.05) is 51.5 Å². The van der Waals surface area contributed by atoms with Gasteiger partial charge in [-0.3, -0.25) is 14.6 Å². The Hall–Kier alpha value is -2.29. The number of fused-ring (bicyclic) bond motifs is 1. The number of carbonyl (C=O) groups is 2. The number of rotatable bonds is 4. The van der Waals surface area contributed by atoms with E-state index in [0.717, 1.165) is 18.9 Å². The predicted octanol–water partition coefficient (Wildman–Crippen LogP) is 2.25. The van der Waals surface area contributed by atoms with E-state index in [0.29, 0.717) is 51.5 Å². The van der Waals surface area contributed by atoms with Gasteiger partial charge in [0.15, 0.2) is 0 Å². The molecule has 0 spiro atoms. The van der Waals surface area contributed by atoms with Crippen LogP contribution >= 0.6 is 0 Å². The van der Waals surface area contributed by atoms with Crippen LogP contribution in [0.3, 0.4) is 0 Å². The van der Waals surface area contributed by atoms with E-state index in [4.69, 9.17) is 0 Å². The summed E-state index contributed by atoms with van der Waals surface area (Å²) in [5, 5.41) is 0. The lowest BCUT2D eigenvalue weighted by Crippen LogP contribution is -2.49. The SMILES string of the molecule is O=C1C2CCCN2C(=O)N1CCN1CCN(c2cccc(C(F)(F)F)c2)CC1. The van der Waals surface area contributed by atoms with Gasteiger partial charge in [0.25, 0.3) is 5.91 Å². The second-order valence-electron chi connectivity index (χ2n) is 7.50. The molecule has 3 fully saturated rings. The maximum absolute atomic E-state index is 12.9. The van der Waals surface area contributed by atoms with Crippen LogP contribution in [-0.4, -0.2) is 78.5 Å². The molecule has 3 aliphatic rings. The van der Waals surface area contributed by atoms with Gasteiger partial charge in [-0.1, -0.05) is 6.07 Å². The molecule has 1 atom stereocenters. The zero-order valence-corrected chi connectivity index (χ0v) is 15.5. The van der Waals surface area contributed by atoms with E-state index in [2.05, 4.69) is 4.90 Å². The summed E-state index contributed by atoms with van der Waals surface area (Å²) in [6.07, 6.45) is -2.72. The van der Waals surface area contributed by atoms with Crippen LogP contribution in [0.5, 0.6) is 0 Å².